The number of aromatic nitrogens is 1. The molecule has 1 aliphatic heterocycles. The van der Waals surface area contributed by atoms with E-state index in [9.17, 15) is 9.59 Å². The molecule has 1 fully saturated rings. The van der Waals surface area contributed by atoms with Crippen molar-refractivity contribution in [3.63, 3.8) is 0 Å². The van der Waals surface area contributed by atoms with Crippen LogP contribution < -0.4 is 0 Å². The zero-order valence-electron chi connectivity index (χ0n) is 13.9. The van der Waals surface area contributed by atoms with E-state index < -0.39 is 0 Å². The van der Waals surface area contributed by atoms with Crippen LogP contribution in [0.5, 0.6) is 0 Å². The first-order valence-corrected chi connectivity index (χ1v) is 9.52. The Hall–Kier alpha value is -1.43. The molecule has 0 aromatic carbocycles. The number of hydrogen-bond acceptors (Lipinski definition) is 4. The SMILES string of the molecule is COC(=O)CC1CCN(C(=O)[C@H](CCSC)n2cccc2)CC1. The second-order valence-electron chi connectivity index (χ2n) is 5.98. The molecule has 0 unspecified atom stereocenters. The number of amides is 1. The van der Waals surface area contributed by atoms with Crippen LogP contribution in [0.4, 0.5) is 0 Å². The number of likely N-dealkylation sites (tertiary alicyclic amines) is 1. The maximum absolute atomic E-state index is 12.9. The van der Waals surface area contributed by atoms with Crippen molar-refractivity contribution in [1.29, 1.82) is 0 Å². The van der Waals surface area contributed by atoms with Crippen LogP contribution in [0.2, 0.25) is 0 Å². The van der Waals surface area contributed by atoms with Gasteiger partial charge in [0.1, 0.15) is 6.04 Å². The summed E-state index contributed by atoms with van der Waals surface area (Å²) in [6, 6.07) is 3.80. The predicted octanol–water partition coefficient (Wildman–Crippen LogP) is 2.58. The predicted molar refractivity (Wildman–Crippen MR) is 92.4 cm³/mol. The van der Waals surface area contributed by atoms with Crippen molar-refractivity contribution in [3.05, 3.63) is 24.5 Å². The summed E-state index contributed by atoms with van der Waals surface area (Å²) in [5.41, 5.74) is 0. The molecule has 0 bridgehead atoms. The molecule has 1 aromatic heterocycles. The smallest absolute Gasteiger partial charge is 0.305 e. The number of esters is 1. The fourth-order valence-corrected chi connectivity index (χ4v) is 3.53. The van der Waals surface area contributed by atoms with Gasteiger partial charge in [-0.2, -0.15) is 11.8 Å². The van der Waals surface area contributed by atoms with Crippen LogP contribution in [0.15, 0.2) is 24.5 Å². The number of ether oxygens (including phenoxy) is 1. The number of rotatable bonds is 7. The number of carbonyl (C=O) groups excluding carboxylic acids is 2. The van der Waals surface area contributed by atoms with Gasteiger partial charge in [-0.1, -0.05) is 0 Å². The number of carbonyl (C=O) groups is 2. The minimum Gasteiger partial charge on any atom is -0.469 e. The Morgan fingerprint density at radius 3 is 2.48 bits per heavy atom. The van der Waals surface area contributed by atoms with Crippen molar-refractivity contribution in [3.8, 4) is 0 Å². The lowest BCUT2D eigenvalue weighted by Crippen LogP contribution is -2.42. The molecule has 0 spiro atoms. The highest BCUT2D eigenvalue weighted by molar-refractivity contribution is 7.98. The molecule has 1 amide bonds. The number of nitrogens with zero attached hydrogens (tertiary/aromatic N) is 2. The molecule has 1 atom stereocenters. The van der Waals surface area contributed by atoms with Crippen LogP contribution >= 0.6 is 11.8 Å². The van der Waals surface area contributed by atoms with Gasteiger partial charge in [0.2, 0.25) is 5.91 Å². The molecule has 6 heteroatoms. The number of hydrogen-bond donors (Lipinski definition) is 0. The lowest BCUT2D eigenvalue weighted by molar-refractivity contribution is -0.142. The Balaban J connectivity index is 1.92. The summed E-state index contributed by atoms with van der Waals surface area (Å²) < 4.78 is 6.75. The first-order valence-electron chi connectivity index (χ1n) is 8.12. The molecule has 0 aliphatic carbocycles. The minimum atomic E-state index is -0.153. The summed E-state index contributed by atoms with van der Waals surface area (Å²) >= 11 is 1.77. The van der Waals surface area contributed by atoms with Crippen LogP contribution in [-0.2, 0) is 14.3 Å². The molecule has 0 radical (unpaired) electrons. The second-order valence-corrected chi connectivity index (χ2v) is 6.96. The highest BCUT2D eigenvalue weighted by Gasteiger charge is 2.29. The molecule has 5 nitrogen and oxygen atoms in total. The van der Waals surface area contributed by atoms with Gasteiger partial charge in [0.15, 0.2) is 0 Å². The maximum atomic E-state index is 12.9. The quantitative estimate of drug-likeness (QED) is 0.717. The fourth-order valence-electron chi connectivity index (χ4n) is 3.07. The summed E-state index contributed by atoms with van der Waals surface area (Å²) in [6.45, 7) is 1.47. The van der Waals surface area contributed by atoms with Gasteiger partial charge in [-0.05, 0) is 49.3 Å². The molecule has 128 valence electrons. The van der Waals surface area contributed by atoms with Gasteiger partial charge in [0, 0.05) is 31.9 Å². The summed E-state index contributed by atoms with van der Waals surface area (Å²) in [4.78, 5) is 26.2. The van der Waals surface area contributed by atoms with E-state index in [1.54, 1.807) is 11.8 Å². The molecule has 0 N–H and O–H groups in total. The molecule has 2 heterocycles. The molecular formula is C17H26N2O3S. The number of methoxy groups -OCH3 is 1. The Bertz CT molecular complexity index is 496. The van der Waals surface area contributed by atoms with E-state index in [4.69, 9.17) is 4.74 Å². The van der Waals surface area contributed by atoms with Crippen LogP contribution in [-0.4, -0.2) is 53.6 Å². The van der Waals surface area contributed by atoms with Gasteiger partial charge in [0.25, 0.3) is 0 Å². The van der Waals surface area contributed by atoms with Gasteiger partial charge in [-0.15, -0.1) is 0 Å². The van der Waals surface area contributed by atoms with Gasteiger partial charge < -0.3 is 14.2 Å². The van der Waals surface area contributed by atoms with Crippen LogP contribution in [0.3, 0.4) is 0 Å². The molecular weight excluding hydrogens is 312 g/mol. The van der Waals surface area contributed by atoms with Crippen molar-refractivity contribution in [1.82, 2.24) is 9.47 Å². The van der Waals surface area contributed by atoms with Gasteiger partial charge >= 0.3 is 5.97 Å². The third kappa shape index (κ3) is 5.03. The highest BCUT2D eigenvalue weighted by atomic mass is 32.2. The van der Waals surface area contributed by atoms with E-state index in [1.807, 2.05) is 34.0 Å². The largest absolute Gasteiger partial charge is 0.469 e. The van der Waals surface area contributed by atoms with E-state index in [-0.39, 0.29) is 17.9 Å². The van der Waals surface area contributed by atoms with E-state index in [1.165, 1.54) is 7.11 Å². The van der Waals surface area contributed by atoms with E-state index >= 15 is 0 Å². The monoisotopic (exact) mass is 338 g/mol. The van der Waals surface area contributed by atoms with Crippen LogP contribution in [0.25, 0.3) is 0 Å². The first-order chi connectivity index (χ1) is 11.2. The molecule has 1 saturated heterocycles. The highest BCUT2D eigenvalue weighted by Crippen LogP contribution is 2.25. The molecule has 0 saturated carbocycles. The fraction of sp³-hybridized carbons (Fsp3) is 0.647. The van der Waals surface area contributed by atoms with Gasteiger partial charge in [-0.3, -0.25) is 9.59 Å². The summed E-state index contributed by atoms with van der Waals surface area (Å²) in [7, 11) is 1.43. The Labute approximate surface area is 142 Å². The van der Waals surface area contributed by atoms with Crippen molar-refractivity contribution in [2.24, 2.45) is 5.92 Å². The van der Waals surface area contributed by atoms with E-state index in [2.05, 4.69) is 6.26 Å². The Morgan fingerprint density at radius 2 is 1.91 bits per heavy atom. The number of thioether (sulfide) groups is 1. The zero-order chi connectivity index (χ0) is 16.7. The third-order valence-corrected chi connectivity index (χ3v) is 5.12. The van der Waals surface area contributed by atoms with Gasteiger partial charge in [-0.25, -0.2) is 0 Å². The number of piperidine rings is 1. The van der Waals surface area contributed by atoms with Crippen molar-refractivity contribution < 1.29 is 14.3 Å². The summed E-state index contributed by atoms with van der Waals surface area (Å²) in [5.74, 6) is 1.35. The zero-order valence-corrected chi connectivity index (χ0v) is 14.8. The normalized spacial score (nSPS) is 17.0. The van der Waals surface area contributed by atoms with E-state index in [0.29, 0.717) is 12.3 Å². The second kappa shape index (κ2) is 9.01. The molecule has 1 aliphatic rings. The summed E-state index contributed by atoms with van der Waals surface area (Å²) in [6.07, 6.45) is 9.06. The Morgan fingerprint density at radius 1 is 1.26 bits per heavy atom. The average Bonchev–Trinajstić information content (AvgIpc) is 3.10. The average molecular weight is 338 g/mol. The van der Waals surface area contributed by atoms with Gasteiger partial charge in [0.05, 0.1) is 7.11 Å². The van der Waals surface area contributed by atoms with Crippen molar-refractivity contribution >= 4 is 23.6 Å². The van der Waals surface area contributed by atoms with Crippen LogP contribution in [0, 0.1) is 5.92 Å². The lowest BCUT2D eigenvalue weighted by Gasteiger charge is -2.34. The maximum Gasteiger partial charge on any atom is 0.305 e. The molecule has 2 rings (SSSR count). The van der Waals surface area contributed by atoms with E-state index in [0.717, 1.165) is 38.1 Å². The molecule has 1 aromatic rings. The topological polar surface area (TPSA) is 51.5 Å². The van der Waals surface area contributed by atoms with Crippen molar-refractivity contribution in [2.45, 2.75) is 31.7 Å². The van der Waals surface area contributed by atoms with Crippen LogP contribution in [0.1, 0.15) is 31.7 Å². The lowest BCUT2D eigenvalue weighted by atomic mass is 9.93. The minimum absolute atomic E-state index is 0.116. The standard InChI is InChI=1S/C17H26N2O3S/c1-22-16(20)13-14-5-10-19(11-6-14)17(21)15(7-12-23-2)18-8-3-4-9-18/h3-4,8-9,14-15H,5-7,10-13H2,1-2H3/t15-/m0/s1. The molecule has 23 heavy (non-hydrogen) atoms. The van der Waals surface area contributed by atoms with Crippen molar-refractivity contribution in [2.75, 3.05) is 32.2 Å². The summed E-state index contributed by atoms with van der Waals surface area (Å²) in [5, 5.41) is 0. The Kier molecular flexibility index (Phi) is 7.02. The first kappa shape index (κ1) is 17.9. The third-order valence-electron chi connectivity index (χ3n) is 4.48.